The van der Waals surface area contributed by atoms with Crippen molar-refractivity contribution in [2.45, 2.75) is 18.9 Å². The van der Waals surface area contributed by atoms with Gasteiger partial charge in [-0.2, -0.15) is 0 Å². The molecule has 0 bridgehead atoms. The van der Waals surface area contributed by atoms with Crippen LogP contribution in [0.4, 0.5) is 5.69 Å². The number of benzene rings is 1. The van der Waals surface area contributed by atoms with Crippen molar-refractivity contribution >= 4 is 27.5 Å². The van der Waals surface area contributed by atoms with Gasteiger partial charge >= 0.3 is 0 Å². The maximum absolute atomic E-state index is 11.4. The third-order valence-electron chi connectivity index (χ3n) is 2.26. The lowest BCUT2D eigenvalue weighted by Gasteiger charge is -2.08. The van der Waals surface area contributed by atoms with Crippen molar-refractivity contribution in [2.24, 2.45) is 0 Å². The number of anilines is 1. The third kappa shape index (κ3) is 3.13. The normalized spacial score (nSPS) is 14.6. The zero-order valence-corrected chi connectivity index (χ0v) is 10.3. The van der Waals surface area contributed by atoms with Gasteiger partial charge in [0.1, 0.15) is 5.75 Å². The Morgan fingerprint density at radius 2 is 2.31 bits per heavy atom. The second-order valence-corrected chi connectivity index (χ2v) is 4.67. The molecule has 2 rings (SSSR count). The lowest BCUT2D eigenvalue weighted by Crippen LogP contribution is -2.30. The van der Waals surface area contributed by atoms with Gasteiger partial charge in [-0.25, -0.2) is 0 Å². The Labute approximate surface area is 102 Å². The smallest absolute Gasteiger partial charge is 0.258 e. The highest BCUT2D eigenvalue weighted by Crippen LogP contribution is 2.27. The first-order valence-electron chi connectivity index (χ1n) is 5.12. The summed E-state index contributed by atoms with van der Waals surface area (Å²) >= 11 is 3.33. The van der Waals surface area contributed by atoms with Crippen LogP contribution in [0.3, 0.4) is 0 Å². The van der Waals surface area contributed by atoms with Gasteiger partial charge in [-0.1, -0.05) is 0 Å². The largest absolute Gasteiger partial charge is 0.483 e. The van der Waals surface area contributed by atoms with Crippen molar-refractivity contribution in [2.75, 3.05) is 12.3 Å². The van der Waals surface area contributed by atoms with E-state index in [-0.39, 0.29) is 12.5 Å². The highest BCUT2D eigenvalue weighted by atomic mass is 79.9. The standard InChI is InChI=1S/C11H13BrN2O2/c12-9-4-1-7(13)5-10(9)16-6-11(15)14-8-2-3-8/h1,4-5,8H,2-3,6,13H2,(H,14,15). The monoisotopic (exact) mass is 284 g/mol. The Morgan fingerprint density at radius 1 is 1.56 bits per heavy atom. The van der Waals surface area contributed by atoms with Crippen molar-refractivity contribution in [3.63, 3.8) is 0 Å². The van der Waals surface area contributed by atoms with Gasteiger partial charge < -0.3 is 15.8 Å². The number of hydrogen-bond donors (Lipinski definition) is 2. The lowest BCUT2D eigenvalue weighted by molar-refractivity contribution is -0.123. The minimum Gasteiger partial charge on any atom is -0.483 e. The maximum atomic E-state index is 11.4. The summed E-state index contributed by atoms with van der Waals surface area (Å²) in [5.41, 5.74) is 6.24. The molecule has 0 aliphatic heterocycles. The zero-order chi connectivity index (χ0) is 11.5. The minimum absolute atomic E-state index is 0.0263. The van der Waals surface area contributed by atoms with E-state index >= 15 is 0 Å². The molecule has 0 radical (unpaired) electrons. The first-order chi connectivity index (χ1) is 7.65. The van der Waals surface area contributed by atoms with E-state index in [1.165, 1.54) is 0 Å². The summed E-state index contributed by atoms with van der Waals surface area (Å²) in [5.74, 6) is 0.503. The van der Waals surface area contributed by atoms with Crippen LogP contribution in [0.1, 0.15) is 12.8 Å². The zero-order valence-electron chi connectivity index (χ0n) is 8.70. The molecule has 1 fully saturated rings. The number of nitrogen functional groups attached to an aromatic ring is 1. The Hall–Kier alpha value is -1.23. The Kier molecular flexibility index (Phi) is 3.33. The summed E-state index contributed by atoms with van der Waals surface area (Å²) in [7, 11) is 0. The number of ether oxygens (including phenoxy) is 1. The average Bonchev–Trinajstić information content (AvgIpc) is 3.03. The van der Waals surface area contributed by atoms with Crippen LogP contribution in [0.25, 0.3) is 0 Å². The fraction of sp³-hybridized carbons (Fsp3) is 0.364. The minimum atomic E-state index is -0.0863. The topological polar surface area (TPSA) is 64.3 Å². The van der Waals surface area contributed by atoms with E-state index in [2.05, 4.69) is 21.2 Å². The van der Waals surface area contributed by atoms with Crippen LogP contribution in [-0.2, 0) is 4.79 Å². The first-order valence-corrected chi connectivity index (χ1v) is 5.91. The highest BCUT2D eigenvalue weighted by Gasteiger charge is 2.23. The number of amides is 1. The summed E-state index contributed by atoms with van der Waals surface area (Å²) in [5, 5.41) is 2.85. The summed E-state index contributed by atoms with van der Waals surface area (Å²) in [6.45, 7) is 0.0263. The summed E-state index contributed by atoms with van der Waals surface area (Å²) in [6, 6.07) is 5.61. The molecule has 0 saturated heterocycles. The number of carbonyl (C=O) groups is 1. The molecular formula is C11H13BrN2O2. The number of rotatable bonds is 4. The Morgan fingerprint density at radius 3 is 3.00 bits per heavy atom. The molecule has 0 spiro atoms. The number of nitrogens with one attached hydrogen (secondary N) is 1. The van der Waals surface area contributed by atoms with Crippen molar-refractivity contribution in [3.05, 3.63) is 22.7 Å². The molecule has 4 nitrogen and oxygen atoms in total. The lowest BCUT2D eigenvalue weighted by atomic mass is 10.3. The van der Waals surface area contributed by atoms with Crippen LogP contribution in [0.2, 0.25) is 0 Å². The molecule has 0 heterocycles. The van der Waals surface area contributed by atoms with Gasteiger partial charge in [0.2, 0.25) is 0 Å². The number of hydrogen-bond acceptors (Lipinski definition) is 3. The summed E-state index contributed by atoms with van der Waals surface area (Å²) < 4.78 is 6.16. The number of carbonyl (C=O) groups excluding carboxylic acids is 1. The van der Waals surface area contributed by atoms with E-state index in [1.807, 2.05) is 0 Å². The number of halogens is 1. The summed E-state index contributed by atoms with van der Waals surface area (Å²) in [4.78, 5) is 11.4. The molecule has 86 valence electrons. The maximum Gasteiger partial charge on any atom is 0.258 e. The van der Waals surface area contributed by atoms with Crippen LogP contribution in [0, 0.1) is 0 Å². The van der Waals surface area contributed by atoms with E-state index < -0.39 is 0 Å². The van der Waals surface area contributed by atoms with Gasteiger partial charge in [-0.15, -0.1) is 0 Å². The first kappa shape index (κ1) is 11.3. The average molecular weight is 285 g/mol. The molecule has 3 N–H and O–H groups in total. The molecule has 1 saturated carbocycles. The molecule has 1 aliphatic carbocycles. The SMILES string of the molecule is Nc1ccc(Br)c(OCC(=O)NC2CC2)c1. The quantitative estimate of drug-likeness (QED) is 0.827. The van der Waals surface area contributed by atoms with Gasteiger partial charge in [-0.05, 0) is 40.9 Å². The van der Waals surface area contributed by atoms with E-state index in [4.69, 9.17) is 10.5 Å². The van der Waals surface area contributed by atoms with Gasteiger partial charge in [0.25, 0.3) is 5.91 Å². The van der Waals surface area contributed by atoms with Gasteiger partial charge in [0, 0.05) is 17.8 Å². The Balaban J connectivity index is 1.87. The fourth-order valence-corrected chi connectivity index (χ4v) is 1.63. The molecule has 16 heavy (non-hydrogen) atoms. The van der Waals surface area contributed by atoms with E-state index in [0.29, 0.717) is 17.5 Å². The molecular weight excluding hydrogens is 272 g/mol. The number of nitrogens with two attached hydrogens (primary N) is 1. The van der Waals surface area contributed by atoms with E-state index in [1.54, 1.807) is 18.2 Å². The van der Waals surface area contributed by atoms with E-state index in [0.717, 1.165) is 17.3 Å². The summed E-state index contributed by atoms with van der Waals surface area (Å²) in [6.07, 6.45) is 2.15. The van der Waals surface area contributed by atoms with Crippen LogP contribution in [-0.4, -0.2) is 18.6 Å². The van der Waals surface area contributed by atoms with Gasteiger partial charge in [0.05, 0.1) is 4.47 Å². The molecule has 1 aliphatic rings. The van der Waals surface area contributed by atoms with Gasteiger partial charge in [-0.3, -0.25) is 4.79 Å². The predicted octanol–water partition coefficient (Wildman–Crippen LogP) is 1.69. The van der Waals surface area contributed by atoms with Crippen molar-refractivity contribution in [1.82, 2.24) is 5.32 Å². The predicted molar refractivity (Wildman–Crippen MR) is 65.2 cm³/mol. The van der Waals surface area contributed by atoms with Crippen molar-refractivity contribution in [3.8, 4) is 5.75 Å². The molecule has 0 unspecified atom stereocenters. The van der Waals surface area contributed by atoms with Crippen molar-refractivity contribution in [1.29, 1.82) is 0 Å². The highest BCUT2D eigenvalue weighted by molar-refractivity contribution is 9.10. The molecule has 0 aromatic heterocycles. The van der Waals surface area contributed by atoms with Gasteiger partial charge in [0.15, 0.2) is 6.61 Å². The second-order valence-electron chi connectivity index (χ2n) is 3.82. The van der Waals surface area contributed by atoms with Crippen LogP contribution in [0.5, 0.6) is 5.75 Å². The molecule has 0 atom stereocenters. The molecule has 1 aromatic rings. The van der Waals surface area contributed by atoms with Crippen LogP contribution >= 0.6 is 15.9 Å². The third-order valence-corrected chi connectivity index (χ3v) is 2.91. The molecule has 1 aromatic carbocycles. The fourth-order valence-electron chi connectivity index (χ4n) is 1.27. The van der Waals surface area contributed by atoms with Crippen LogP contribution < -0.4 is 15.8 Å². The second kappa shape index (κ2) is 4.74. The van der Waals surface area contributed by atoms with Crippen molar-refractivity contribution < 1.29 is 9.53 Å². The molecule has 1 amide bonds. The molecule has 5 heteroatoms. The van der Waals surface area contributed by atoms with Crippen LogP contribution in [0.15, 0.2) is 22.7 Å². The van der Waals surface area contributed by atoms with E-state index in [9.17, 15) is 4.79 Å². The Bertz CT molecular complexity index is 405.